The Bertz CT molecular complexity index is 799. The summed E-state index contributed by atoms with van der Waals surface area (Å²) in [4.78, 5) is 17.7. The first-order valence-electron chi connectivity index (χ1n) is 7.55. The Balaban J connectivity index is 1.46. The molecule has 0 atom stereocenters. The van der Waals surface area contributed by atoms with Gasteiger partial charge in [-0.2, -0.15) is 0 Å². The molecule has 1 heterocycles. The number of benzene rings is 2. The molecule has 0 unspecified atom stereocenters. The fourth-order valence-electron chi connectivity index (χ4n) is 2.21. The summed E-state index contributed by atoms with van der Waals surface area (Å²) < 4.78 is 1.11. The minimum atomic E-state index is 0.0365. The van der Waals surface area contributed by atoms with Gasteiger partial charge in [0.2, 0.25) is 5.91 Å². The molecule has 3 nitrogen and oxygen atoms in total. The molecule has 0 saturated carbocycles. The van der Waals surface area contributed by atoms with Crippen molar-refractivity contribution in [2.24, 2.45) is 0 Å². The normalized spacial score (nSPS) is 10.8. The maximum atomic E-state index is 12.0. The van der Waals surface area contributed by atoms with E-state index in [2.05, 4.69) is 35.4 Å². The molecule has 0 radical (unpaired) electrons. The van der Waals surface area contributed by atoms with Crippen LogP contribution in [0.25, 0.3) is 10.2 Å². The molecule has 0 aliphatic rings. The summed E-state index contributed by atoms with van der Waals surface area (Å²) in [6.45, 7) is 2.06. The Morgan fingerprint density at radius 1 is 1.22 bits per heavy atom. The largest absolute Gasteiger partial charge is 0.302 e. The molecular formula is C18H18N2OS2. The maximum absolute atomic E-state index is 12.0. The molecule has 0 bridgehead atoms. The third-order valence-electron chi connectivity index (χ3n) is 3.35. The predicted molar refractivity (Wildman–Crippen MR) is 99.4 cm³/mol. The number of hydrogen-bond donors (Lipinski definition) is 1. The summed E-state index contributed by atoms with van der Waals surface area (Å²) in [7, 11) is 0. The molecule has 0 aliphatic carbocycles. The van der Waals surface area contributed by atoms with Gasteiger partial charge in [-0.15, -0.1) is 11.8 Å². The van der Waals surface area contributed by atoms with Crippen molar-refractivity contribution in [3.63, 3.8) is 0 Å². The zero-order valence-corrected chi connectivity index (χ0v) is 14.5. The van der Waals surface area contributed by atoms with E-state index in [9.17, 15) is 4.79 Å². The van der Waals surface area contributed by atoms with Gasteiger partial charge < -0.3 is 5.32 Å². The first kappa shape index (κ1) is 16.0. The summed E-state index contributed by atoms with van der Waals surface area (Å²) in [6, 6.07) is 16.4. The van der Waals surface area contributed by atoms with Crippen LogP contribution in [0.5, 0.6) is 0 Å². The highest BCUT2D eigenvalue weighted by Crippen LogP contribution is 2.27. The van der Waals surface area contributed by atoms with E-state index in [1.807, 2.05) is 30.3 Å². The van der Waals surface area contributed by atoms with Gasteiger partial charge in [-0.1, -0.05) is 35.6 Å². The Kier molecular flexibility index (Phi) is 5.31. The second kappa shape index (κ2) is 7.62. The SMILES string of the molecule is Cc1ccc2nc(NC(=O)CCCSc3ccccc3)sc2c1. The molecule has 2 aromatic carbocycles. The van der Waals surface area contributed by atoms with Gasteiger partial charge in [-0.3, -0.25) is 4.79 Å². The number of hydrogen-bond acceptors (Lipinski definition) is 4. The number of aryl methyl sites for hydroxylation is 1. The topological polar surface area (TPSA) is 42.0 Å². The number of anilines is 1. The number of carbonyl (C=O) groups is 1. The van der Waals surface area contributed by atoms with Crippen LogP contribution in [-0.2, 0) is 4.79 Å². The minimum Gasteiger partial charge on any atom is -0.302 e. The van der Waals surface area contributed by atoms with Gasteiger partial charge in [-0.25, -0.2) is 4.98 Å². The number of carbonyl (C=O) groups excluding carboxylic acids is 1. The van der Waals surface area contributed by atoms with Crippen LogP contribution in [0.1, 0.15) is 18.4 Å². The van der Waals surface area contributed by atoms with E-state index >= 15 is 0 Å². The van der Waals surface area contributed by atoms with E-state index in [0.717, 1.165) is 22.4 Å². The highest BCUT2D eigenvalue weighted by molar-refractivity contribution is 7.99. The van der Waals surface area contributed by atoms with Crippen molar-refractivity contribution >= 4 is 44.4 Å². The van der Waals surface area contributed by atoms with Crippen molar-refractivity contribution in [3.8, 4) is 0 Å². The number of thioether (sulfide) groups is 1. The van der Waals surface area contributed by atoms with Crippen molar-refractivity contribution in [1.29, 1.82) is 0 Å². The lowest BCUT2D eigenvalue weighted by molar-refractivity contribution is -0.116. The average Bonchev–Trinajstić information content (AvgIpc) is 2.94. The smallest absolute Gasteiger partial charge is 0.226 e. The number of fused-ring (bicyclic) bond motifs is 1. The van der Waals surface area contributed by atoms with Crippen molar-refractivity contribution < 1.29 is 4.79 Å². The quantitative estimate of drug-likeness (QED) is 0.499. The zero-order valence-electron chi connectivity index (χ0n) is 12.9. The molecular weight excluding hydrogens is 324 g/mol. The Hall–Kier alpha value is -1.85. The van der Waals surface area contributed by atoms with E-state index in [0.29, 0.717) is 11.6 Å². The van der Waals surface area contributed by atoms with Gasteiger partial charge in [0.05, 0.1) is 10.2 Å². The van der Waals surface area contributed by atoms with Gasteiger partial charge >= 0.3 is 0 Å². The third-order valence-corrected chi connectivity index (χ3v) is 5.38. The van der Waals surface area contributed by atoms with E-state index < -0.39 is 0 Å². The highest BCUT2D eigenvalue weighted by atomic mass is 32.2. The molecule has 0 saturated heterocycles. The molecule has 0 fully saturated rings. The monoisotopic (exact) mass is 342 g/mol. The fraction of sp³-hybridized carbons (Fsp3) is 0.222. The Labute approximate surface area is 144 Å². The van der Waals surface area contributed by atoms with Crippen LogP contribution in [0, 0.1) is 6.92 Å². The minimum absolute atomic E-state index is 0.0365. The molecule has 118 valence electrons. The molecule has 23 heavy (non-hydrogen) atoms. The lowest BCUT2D eigenvalue weighted by Crippen LogP contribution is -2.11. The number of amides is 1. The van der Waals surface area contributed by atoms with Gasteiger partial charge in [0, 0.05) is 11.3 Å². The van der Waals surface area contributed by atoms with E-state index in [-0.39, 0.29) is 5.91 Å². The fourth-order valence-corrected chi connectivity index (χ4v) is 4.06. The van der Waals surface area contributed by atoms with Crippen molar-refractivity contribution in [2.75, 3.05) is 11.1 Å². The molecule has 1 amide bonds. The van der Waals surface area contributed by atoms with E-state index in [1.165, 1.54) is 21.8 Å². The van der Waals surface area contributed by atoms with Gasteiger partial charge in [-0.05, 0) is 48.9 Å². The van der Waals surface area contributed by atoms with Gasteiger partial charge in [0.25, 0.3) is 0 Å². The maximum Gasteiger partial charge on any atom is 0.226 e. The molecule has 3 rings (SSSR count). The predicted octanol–water partition coefficient (Wildman–Crippen LogP) is 5.12. The summed E-state index contributed by atoms with van der Waals surface area (Å²) in [5.74, 6) is 0.977. The molecule has 0 aliphatic heterocycles. The number of aromatic nitrogens is 1. The van der Waals surface area contributed by atoms with Crippen LogP contribution in [0.4, 0.5) is 5.13 Å². The third kappa shape index (κ3) is 4.56. The van der Waals surface area contributed by atoms with Crippen molar-refractivity contribution in [2.45, 2.75) is 24.7 Å². The van der Waals surface area contributed by atoms with Crippen molar-refractivity contribution in [1.82, 2.24) is 4.98 Å². The lowest BCUT2D eigenvalue weighted by Gasteiger charge is -2.02. The molecule has 3 aromatic rings. The van der Waals surface area contributed by atoms with Crippen LogP contribution in [0.3, 0.4) is 0 Å². The molecule has 1 aromatic heterocycles. The van der Waals surface area contributed by atoms with Crippen LogP contribution in [0.15, 0.2) is 53.4 Å². The number of thiazole rings is 1. The molecule has 5 heteroatoms. The van der Waals surface area contributed by atoms with Gasteiger partial charge in [0.15, 0.2) is 5.13 Å². The highest BCUT2D eigenvalue weighted by Gasteiger charge is 2.08. The second-order valence-electron chi connectivity index (χ2n) is 5.30. The first-order chi connectivity index (χ1) is 11.2. The number of nitrogens with zero attached hydrogens (tertiary/aromatic N) is 1. The van der Waals surface area contributed by atoms with Crippen LogP contribution in [0.2, 0.25) is 0 Å². The molecule has 0 spiro atoms. The second-order valence-corrected chi connectivity index (χ2v) is 7.50. The standard InChI is InChI=1S/C18H18N2OS2/c1-13-9-10-15-16(12-13)23-18(19-15)20-17(21)8-5-11-22-14-6-3-2-4-7-14/h2-4,6-7,9-10,12H,5,8,11H2,1H3,(H,19,20,21). The summed E-state index contributed by atoms with van der Waals surface area (Å²) in [5.41, 5.74) is 2.15. The van der Waals surface area contributed by atoms with Crippen LogP contribution in [-0.4, -0.2) is 16.6 Å². The van der Waals surface area contributed by atoms with Crippen molar-refractivity contribution in [3.05, 3.63) is 54.1 Å². The number of rotatable bonds is 6. The first-order valence-corrected chi connectivity index (χ1v) is 9.36. The molecule has 1 N–H and O–H groups in total. The van der Waals surface area contributed by atoms with E-state index in [1.54, 1.807) is 11.8 Å². The van der Waals surface area contributed by atoms with Gasteiger partial charge in [0.1, 0.15) is 0 Å². The summed E-state index contributed by atoms with van der Waals surface area (Å²) in [5, 5.41) is 3.60. The van der Waals surface area contributed by atoms with Crippen LogP contribution >= 0.6 is 23.1 Å². The van der Waals surface area contributed by atoms with E-state index in [4.69, 9.17) is 0 Å². The summed E-state index contributed by atoms with van der Waals surface area (Å²) >= 11 is 3.31. The lowest BCUT2D eigenvalue weighted by atomic mass is 10.2. The average molecular weight is 342 g/mol. The Morgan fingerprint density at radius 2 is 2.04 bits per heavy atom. The Morgan fingerprint density at radius 3 is 2.87 bits per heavy atom. The summed E-state index contributed by atoms with van der Waals surface area (Å²) in [6.07, 6.45) is 1.38. The number of nitrogens with one attached hydrogen (secondary N) is 1. The zero-order chi connectivity index (χ0) is 16.1. The van der Waals surface area contributed by atoms with Crippen LogP contribution < -0.4 is 5.32 Å².